The van der Waals surface area contributed by atoms with Gasteiger partial charge in [0.1, 0.15) is 11.5 Å². The highest BCUT2D eigenvalue weighted by molar-refractivity contribution is 9.09. The molecule has 1 aromatic carbocycles. The molecule has 0 aliphatic rings. The van der Waals surface area contributed by atoms with Crippen molar-refractivity contribution in [1.29, 1.82) is 0 Å². The van der Waals surface area contributed by atoms with Gasteiger partial charge in [-0.15, -0.1) is 13.2 Å². The second-order valence-corrected chi connectivity index (χ2v) is 4.53. The van der Waals surface area contributed by atoms with E-state index in [0.29, 0.717) is 0 Å². The minimum absolute atomic E-state index is 0.0792. The summed E-state index contributed by atoms with van der Waals surface area (Å²) >= 11 is 2.87. The molecule has 0 saturated carbocycles. The SMILES string of the molecule is O=C(CBr)Cc1cccc(C(O)C(=O)O)c1OC(F)(F)F. The van der Waals surface area contributed by atoms with Crippen molar-refractivity contribution in [2.75, 3.05) is 5.33 Å². The van der Waals surface area contributed by atoms with Gasteiger partial charge in [-0.25, -0.2) is 4.79 Å². The number of ketones is 1. The topological polar surface area (TPSA) is 83.8 Å². The number of para-hydroxylation sites is 1. The first-order valence-corrected chi connectivity index (χ1v) is 6.64. The van der Waals surface area contributed by atoms with Gasteiger partial charge in [0.25, 0.3) is 0 Å². The summed E-state index contributed by atoms with van der Waals surface area (Å²) in [4.78, 5) is 22.1. The number of carboxylic acids is 1. The van der Waals surface area contributed by atoms with Crippen molar-refractivity contribution in [2.24, 2.45) is 0 Å². The molecular formula is C12H10BrF3O5. The molecular weight excluding hydrogens is 361 g/mol. The van der Waals surface area contributed by atoms with Crippen molar-refractivity contribution < 1.29 is 37.7 Å². The van der Waals surface area contributed by atoms with E-state index in [9.17, 15) is 27.9 Å². The highest BCUT2D eigenvalue weighted by Crippen LogP contribution is 2.34. The lowest BCUT2D eigenvalue weighted by Crippen LogP contribution is -2.22. The minimum Gasteiger partial charge on any atom is -0.479 e. The van der Waals surface area contributed by atoms with Crippen LogP contribution in [0.15, 0.2) is 18.2 Å². The van der Waals surface area contributed by atoms with E-state index < -0.39 is 42.0 Å². The number of carbonyl (C=O) groups is 2. The summed E-state index contributed by atoms with van der Waals surface area (Å²) in [5.41, 5.74) is -0.728. The molecule has 1 rings (SSSR count). The first-order valence-electron chi connectivity index (χ1n) is 5.51. The zero-order valence-corrected chi connectivity index (χ0v) is 11.9. The summed E-state index contributed by atoms with van der Waals surface area (Å²) in [6.45, 7) is 0. The number of aliphatic hydroxyl groups is 1. The maximum absolute atomic E-state index is 12.4. The van der Waals surface area contributed by atoms with Gasteiger partial charge in [0, 0.05) is 17.5 Å². The molecule has 0 radical (unpaired) electrons. The number of Topliss-reactive ketones (excluding diaryl/α,β-unsaturated/α-hetero) is 1. The molecule has 1 unspecified atom stereocenters. The van der Waals surface area contributed by atoms with Gasteiger partial charge >= 0.3 is 12.3 Å². The number of ether oxygens (including phenoxy) is 1. The Morgan fingerprint density at radius 1 is 1.33 bits per heavy atom. The van der Waals surface area contributed by atoms with Gasteiger partial charge in [-0.05, 0) is 0 Å². The Balaban J connectivity index is 3.33. The summed E-state index contributed by atoms with van der Waals surface area (Å²) in [6.07, 6.45) is -7.67. The third kappa shape index (κ3) is 5.01. The van der Waals surface area contributed by atoms with E-state index in [4.69, 9.17) is 5.11 Å². The normalized spacial score (nSPS) is 12.8. The number of hydrogen-bond donors (Lipinski definition) is 2. The van der Waals surface area contributed by atoms with Crippen molar-refractivity contribution in [2.45, 2.75) is 18.9 Å². The first kappa shape index (κ1) is 17.4. The average molecular weight is 371 g/mol. The van der Waals surface area contributed by atoms with Crippen LogP contribution in [0.4, 0.5) is 13.2 Å². The number of aliphatic hydroxyl groups excluding tert-OH is 1. The molecule has 0 amide bonds. The molecule has 0 aliphatic heterocycles. The van der Waals surface area contributed by atoms with Crippen molar-refractivity contribution in [3.63, 3.8) is 0 Å². The van der Waals surface area contributed by atoms with Crippen molar-refractivity contribution in [3.8, 4) is 5.75 Å². The second-order valence-electron chi connectivity index (χ2n) is 3.97. The van der Waals surface area contributed by atoms with Gasteiger partial charge in [-0.3, -0.25) is 4.79 Å². The Morgan fingerprint density at radius 2 is 1.95 bits per heavy atom. The molecule has 1 aromatic rings. The van der Waals surface area contributed by atoms with Crippen LogP contribution in [-0.4, -0.2) is 33.7 Å². The fourth-order valence-electron chi connectivity index (χ4n) is 1.59. The van der Waals surface area contributed by atoms with Crippen LogP contribution in [0.2, 0.25) is 0 Å². The standard InChI is InChI=1S/C12H10BrF3O5/c13-5-7(17)4-6-2-1-3-8(9(18)11(19)20)10(6)21-12(14,15)16/h1-3,9,18H,4-5H2,(H,19,20). The third-order valence-electron chi connectivity index (χ3n) is 2.41. The van der Waals surface area contributed by atoms with E-state index in [0.717, 1.165) is 6.07 Å². The van der Waals surface area contributed by atoms with Crippen LogP contribution in [0.5, 0.6) is 5.75 Å². The summed E-state index contributed by atoms with van der Waals surface area (Å²) in [5.74, 6) is -3.02. The number of alkyl halides is 4. The van der Waals surface area contributed by atoms with Gasteiger partial charge in [-0.2, -0.15) is 0 Å². The van der Waals surface area contributed by atoms with Crippen LogP contribution in [0.25, 0.3) is 0 Å². The van der Waals surface area contributed by atoms with Crippen LogP contribution >= 0.6 is 15.9 Å². The smallest absolute Gasteiger partial charge is 0.479 e. The molecule has 5 nitrogen and oxygen atoms in total. The van der Waals surface area contributed by atoms with Crippen LogP contribution < -0.4 is 4.74 Å². The third-order valence-corrected chi connectivity index (χ3v) is 3.04. The zero-order valence-electron chi connectivity index (χ0n) is 10.4. The number of carboxylic acid groups (broad SMARTS) is 1. The molecule has 0 bridgehead atoms. The van der Waals surface area contributed by atoms with E-state index in [1.807, 2.05) is 0 Å². The lowest BCUT2D eigenvalue weighted by atomic mass is 10.0. The van der Waals surface area contributed by atoms with E-state index in [1.165, 1.54) is 12.1 Å². The first-order chi connectivity index (χ1) is 9.65. The highest BCUT2D eigenvalue weighted by Gasteiger charge is 2.35. The van der Waals surface area contributed by atoms with Gasteiger partial charge in [0.2, 0.25) is 0 Å². The molecule has 0 aliphatic carbocycles. The predicted molar refractivity (Wildman–Crippen MR) is 68.2 cm³/mol. The Bertz CT molecular complexity index is 544. The fourth-order valence-corrected chi connectivity index (χ4v) is 1.79. The Labute approximate surface area is 125 Å². The number of halogens is 4. The van der Waals surface area contributed by atoms with Crippen LogP contribution in [-0.2, 0) is 16.0 Å². The molecule has 1 atom stereocenters. The van der Waals surface area contributed by atoms with Crippen molar-refractivity contribution >= 4 is 27.7 Å². The van der Waals surface area contributed by atoms with Crippen molar-refractivity contribution in [3.05, 3.63) is 29.3 Å². The van der Waals surface area contributed by atoms with Crippen LogP contribution in [0.3, 0.4) is 0 Å². The lowest BCUT2D eigenvalue weighted by Gasteiger charge is -2.18. The van der Waals surface area contributed by atoms with Crippen LogP contribution in [0.1, 0.15) is 17.2 Å². The van der Waals surface area contributed by atoms with E-state index in [1.54, 1.807) is 0 Å². The van der Waals surface area contributed by atoms with Gasteiger partial charge in [0.15, 0.2) is 6.10 Å². The summed E-state index contributed by atoms with van der Waals surface area (Å²) in [6, 6.07) is 3.42. The zero-order chi connectivity index (χ0) is 16.2. The van der Waals surface area contributed by atoms with E-state index in [-0.39, 0.29) is 10.9 Å². The van der Waals surface area contributed by atoms with Gasteiger partial charge in [0.05, 0.1) is 5.33 Å². The molecule has 0 aromatic heterocycles. The highest BCUT2D eigenvalue weighted by atomic mass is 79.9. The molecule has 116 valence electrons. The van der Waals surface area contributed by atoms with E-state index in [2.05, 4.69) is 20.7 Å². The molecule has 0 spiro atoms. The minimum atomic E-state index is -5.08. The summed E-state index contributed by atoms with van der Waals surface area (Å²) in [7, 11) is 0. The Morgan fingerprint density at radius 3 is 2.43 bits per heavy atom. The van der Waals surface area contributed by atoms with Crippen molar-refractivity contribution in [1.82, 2.24) is 0 Å². The predicted octanol–water partition coefficient (Wildman–Crippen LogP) is 2.21. The summed E-state index contributed by atoms with van der Waals surface area (Å²) < 4.78 is 41.1. The molecule has 0 saturated heterocycles. The lowest BCUT2D eigenvalue weighted by molar-refractivity contribution is -0.275. The van der Waals surface area contributed by atoms with E-state index >= 15 is 0 Å². The molecule has 21 heavy (non-hydrogen) atoms. The van der Waals surface area contributed by atoms with Gasteiger partial charge < -0.3 is 14.9 Å². The molecule has 0 heterocycles. The number of carbonyl (C=O) groups excluding carboxylic acids is 1. The number of rotatable bonds is 6. The monoisotopic (exact) mass is 370 g/mol. The number of hydrogen-bond acceptors (Lipinski definition) is 4. The molecule has 0 fully saturated rings. The largest absolute Gasteiger partial charge is 0.573 e. The summed E-state index contributed by atoms with van der Waals surface area (Å²) in [5, 5.41) is 18.1. The molecule has 9 heteroatoms. The number of aliphatic carboxylic acids is 1. The fraction of sp³-hybridized carbons (Fsp3) is 0.333. The maximum Gasteiger partial charge on any atom is 0.573 e. The van der Waals surface area contributed by atoms with Crippen LogP contribution in [0, 0.1) is 0 Å². The van der Waals surface area contributed by atoms with Gasteiger partial charge in [-0.1, -0.05) is 34.1 Å². The number of benzene rings is 1. The Kier molecular flexibility index (Phi) is 5.73. The average Bonchev–Trinajstić information content (AvgIpc) is 2.38. The quantitative estimate of drug-likeness (QED) is 0.750. The second kappa shape index (κ2) is 6.90. The molecule has 2 N–H and O–H groups in total. The Hall–Kier alpha value is -1.61. The maximum atomic E-state index is 12.4.